The monoisotopic (exact) mass is 492 g/mol. The molecule has 0 radical (unpaired) electrons. The first-order valence-electron chi connectivity index (χ1n) is 10.5. The summed E-state index contributed by atoms with van der Waals surface area (Å²) in [5, 5.41) is 15.2. The van der Waals surface area contributed by atoms with Crippen LogP contribution in [0.1, 0.15) is 11.3 Å². The maximum absolute atomic E-state index is 14.9. The van der Waals surface area contributed by atoms with Crippen molar-refractivity contribution in [3.05, 3.63) is 65.5 Å². The molecule has 4 rings (SSSR count). The van der Waals surface area contributed by atoms with Crippen LogP contribution in [-0.2, 0) is 22.6 Å². The van der Waals surface area contributed by atoms with Crippen molar-refractivity contribution >= 4 is 17.7 Å². The summed E-state index contributed by atoms with van der Waals surface area (Å²) in [4.78, 5) is 24.1. The van der Waals surface area contributed by atoms with Gasteiger partial charge in [0.05, 0.1) is 36.2 Å². The zero-order valence-electron chi connectivity index (χ0n) is 18.1. The Morgan fingerprint density at radius 1 is 1.17 bits per heavy atom. The minimum absolute atomic E-state index is 0.0921. The number of carbonyl (C=O) groups excluding carboxylic acids is 2. The lowest BCUT2D eigenvalue weighted by Crippen LogP contribution is -2.37. The highest BCUT2D eigenvalue weighted by molar-refractivity contribution is 5.90. The van der Waals surface area contributed by atoms with Crippen LogP contribution < -0.4 is 15.5 Å². The van der Waals surface area contributed by atoms with E-state index in [4.69, 9.17) is 4.74 Å². The molecule has 0 aliphatic carbocycles. The number of aromatic amines is 1. The molecule has 0 bridgehead atoms. The molecule has 1 atom stereocenters. The third-order valence-electron chi connectivity index (χ3n) is 5.27. The average Bonchev–Trinajstić information content (AvgIpc) is 3.47. The molecule has 9 nitrogen and oxygen atoms in total. The zero-order valence-corrected chi connectivity index (χ0v) is 18.1. The standard InChI is InChI=1S/C22H20F4N6O3/c23-17-5-15(32-11-16(35-22(32)34)10-28-21(33)20(25)26)6-18(24)19(17)13-3-1-12(2-4-13)7-27-8-14-9-29-31-30-14/h1-6,9,16,20,27H,7-8,10-11H2,(H,28,33)(H,29,30,31)/t16-/m0/s1. The Labute approximate surface area is 196 Å². The topological polar surface area (TPSA) is 112 Å². The van der Waals surface area contributed by atoms with Crippen LogP contribution in [0, 0.1) is 11.6 Å². The van der Waals surface area contributed by atoms with E-state index in [1.54, 1.807) is 30.5 Å². The van der Waals surface area contributed by atoms with Crippen LogP contribution in [0.2, 0.25) is 0 Å². The van der Waals surface area contributed by atoms with Crippen molar-refractivity contribution in [3.8, 4) is 11.1 Å². The number of nitrogens with one attached hydrogen (secondary N) is 3. The molecule has 184 valence electrons. The first-order chi connectivity index (χ1) is 16.8. The molecule has 1 fully saturated rings. The molecule has 0 unspecified atom stereocenters. The molecule has 3 N–H and O–H groups in total. The van der Waals surface area contributed by atoms with Crippen LogP contribution >= 0.6 is 0 Å². The quantitative estimate of drug-likeness (QED) is 0.396. The van der Waals surface area contributed by atoms with Gasteiger partial charge in [0.15, 0.2) is 0 Å². The summed E-state index contributed by atoms with van der Waals surface area (Å²) in [6.45, 7) is 0.516. The number of amides is 2. The second-order valence-electron chi connectivity index (χ2n) is 7.73. The summed E-state index contributed by atoms with van der Waals surface area (Å²) in [5.74, 6) is -3.28. The van der Waals surface area contributed by atoms with Gasteiger partial charge in [0.25, 0.3) is 5.91 Å². The van der Waals surface area contributed by atoms with Gasteiger partial charge < -0.3 is 15.4 Å². The highest BCUT2D eigenvalue weighted by Crippen LogP contribution is 2.32. The number of carbonyl (C=O) groups is 2. The van der Waals surface area contributed by atoms with Gasteiger partial charge >= 0.3 is 12.5 Å². The molecule has 1 aromatic heterocycles. The maximum atomic E-state index is 14.9. The summed E-state index contributed by atoms with van der Waals surface area (Å²) in [7, 11) is 0. The minimum Gasteiger partial charge on any atom is -0.442 e. The summed E-state index contributed by atoms with van der Waals surface area (Å²) in [6.07, 6.45) is -3.46. The molecular formula is C22H20F4N6O3. The van der Waals surface area contributed by atoms with Crippen LogP contribution in [0.25, 0.3) is 11.1 Å². The number of anilines is 1. The summed E-state index contributed by atoms with van der Waals surface area (Å²) >= 11 is 0. The molecule has 2 aromatic carbocycles. The van der Waals surface area contributed by atoms with Gasteiger partial charge in [0.1, 0.15) is 17.7 Å². The van der Waals surface area contributed by atoms with E-state index >= 15 is 0 Å². The number of halogens is 4. The third-order valence-corrected chi connectivity index (χ3v) is 5.27. The summed E-state index contributed by atoms with van der Waals surface area (Å²) in [5.41, 5.74) is 1.67. The van der Waals surface area contributed by atoms with E-state index in [0.717, 1.165) is 28.3 Å². The highest BCUT2D eigenvalue weighted by Gasteiger charge is 2.34. The average molecular weight is 492 g/mol. The number of H-pyrrole nitrogens is 1. The zero-order chi connectivity index (χ0) is 24.9. The predicted octanol–water partition coefficient (Wildman–Crippen LogP) is 2.75. The normalized spacial score (nSPS) is 15.5. The molecule has 0 saturated carbocycles. The Morgan fingerprint density at radius 2 is 1.89 bits per heavy atom. The van der Waals surface area contributed by atoms with E-state index < -0.39 is 36.2 Å². The lowest BCUT2D eigenvalue weighted by Gasteiger charge is -2.15. The fourth-order valence-electron chi connectivity index (χ4n) is 3.56. The van der Waals surface area contributed by atoms with Crippen LogP contribution in [0.3, 0.4) is 0 Å². The minimum atomic E-state index is -3.20. The van der Waals surface area contributed by atoms with Crippen LogP contribution in [0.15, 0.2) is 42.6 Å². The number of hydrogen-bond acceptors (Lipinski definition) is 6. The molecule has 3 aromatic rings. The number of benzene rings is 2. The lowest BCUT2D eigenvalue weighted by molar-refractivity contribution is -0.132. The van der Waals surface area contributed by atoms with Gasteiger partial charge in [0, 0.05) is 13.1 Å². The SMILES string of the molecule is O=C(NC[C@H]1CN(c2cc(F)c(-c3ccc(CNCc4cnn[nH]4)cc3)c(F)c2)C(=O)O1)C(F)F. The van der Waals surface area contributed by atoms with Gasteiger partial charge in [0.2, 0.25) is 0 Å². The van der Waals surface area contributed by atoms with E-state index in [0.29, 0.717) is 18.7 Å². The smallest absolute Gasteiger partial charge is 0.414 e. The number of ether oxygens (including phenoxy) is 1. The van der Waals surface area contributed by atoms with Gasteiger partial charge in [-0.25, -0.2) is 13.6 Å². The molecule has 2 amide bonds. The number of nitrogens with zero attached hydrogens (tertiary/aromatic N) is 3. The van der Waals surface area contributed by atoms with Gasteiger partial charge in [-0.15, -0.1) is 5.10 Å². The fraction of sp³-hybridized carbons (Fsp3) is 0.273. The van der Waals surface area contributed by atoms with E-state index in [1.165, 1.54) is 0 Å². The third kappa shape index (κ3) is 5.74. The van der Waals surface area contributed by atoms with Gasteiger partial charge in [-0.3, -0.25) is 14.8 Å². The second-order valence-corrected chi connectivity index (χ2v) is 7.73. The predicted molar refractivity (Wildman–Crippen MR) is 115 cm³/mol. The molecule has 1 aliphatic heterocycles. The number of rotatable bonds is 9. The number of aromatic nitrogens is 3. The van der Waals surface area contributed by atoms with Crippen molar-refractivity contribution in [2.24, 2.45) is 0 Å². The summed E-state index contributed by atoms with van der Waals surface area (Å²) in [6, 6.07) is 8.62. The van der Waals surface area contributed by atoms with E-state index in [9.17, 15) is 27.2 Å². The van der Waals surface area contributed by atoms with Crippen LogP contribution in [0.5, 0.6) is 0 Å². The number of hydrogen-bond donors (Lipinski definition) is 3. The molecule has 0 spiro atoms. The van der Waals surface area contributed by atoms with Crippen LogP contribution in [0.4, 0.5) is 28.0 Å². The Kier molecular flexibility index (Phi) is 7.25. The Morgan fingerprint density at radius 3 is 2.51 bits per heavy atom. The van der Waals surface area contributed by atoms with E-state index in [2.05, 4.69) is 20.7 Å². The molecular weight excluding hydrogens is 472 g/mol. The first-order valence-corrected chi connectivity index (χ1v) is 10.5. The van der Waals surface area contributed by atoms with Crippen LogP contribution in [-0.4, -0.2) is 53.0 Å². The van der Waals surface area contributed by atoms with Crippen molar-refractivity contribution in [1.29, 1.82) is 0 Å². The largest absolute Gasteiger partial charge is 0.442 e. The Balaban J connectivity index is 1.41. The van der Waals surface area contributed by atoms with Crippen molar-refractivity contribution in [2.75, 3.05) is 18.0 Å². The maximum Gasteiger partial charge on any atom is 0.414 e. The lowest BCUT2D eigenvalue weighted by atomic mass is 10.0. The van der Waals surface area contributed by atoms with Gasteiger partial charge in [-0.05, 0) is 23.3 Å². The van der Waals surface area contributed by atoms with Crippen molar-refractivity contribution in [1.82, 2.24) is 26.0 Å². The molecule has 1 aliphatic rings. The van der Waals surface area contributed by atoms with Crippen molar-refractivity contribution in [3.63, 3.8) is 0 Å². The molecule has 13 heteroatoms. The van der Waals surface area contributed by atoms with Gasteiger partial charge in [-0.2, -0.15) is 8.78 Å². The molecule has 2 heterocycles. The van der Waals surface area contributed by atoms with Gasteiger partial charge in [-0.1, -0.05) is 29.5 Å². The Bertz CT molecular complexity index is 1170. The Hall–Kier alpha value is -4.00. The first kappa shape index (κ1) is 24.1. The highest BCUT2D eigenvalue weighted by atomic mass is 19.3. The molecule has 35 heavy (non-hydrogen) atoms. The number of alkyl halides is 2. The van der Waals surface area contributed by atoms with Crippen molar-refractivity contribution < 1.29 is 31.9 Å². The van der Waals surface area contributed by atoms with Crippen molar-refractivity contribution in [2.45, 2.75) is 25.6 Å². The summed E-state index contributed by atoms with van der Waals surface area (Å²) < 4.78 is 59.4. The van der Waals surface area contributed by atoms with E-state index in [1.807, 2.05) is 5.32 Å². The molecule has 1 saturated heterocycles. The second kappa shape index (κ2) is 10.5. The van der Waals surface area contributed by atoms with E-state index in [-0.39, 0.29) is 24.3 Å². The number of cyclic esters (lactones) is 1. The fourth-order valence-corrected chi connectivity index (χ4v) is 3.56.